The fourth-order valence-electron chi connectivity index (χ4n) is 2.47. The summed E-state index contributed by atoms with van der Waals surface area (Å²) >= 11 is 11.8. The summed E-state index contributed by atoms with van der Waals surface area (Å²) in [6.07, 6.45) is -0.455. The number of ether oxygens (including phenoxy) is 1. The van der Waals surface area contributed by atoms with E-state index in [2.05, 4.69) is 0 Å². The molecule has 10 heteroatoms. The van der Waals surface area contributed by atoms with Crippen molar-refractivity contribution in [2.45, 2.75) is 30.8 Å². The minimum absolute atomic E-state index is 0.0648. The number of carbonyl (C=O) groups excluding carboxylic acids is 2. The van der Waals surface area contributed by atoms with E-state index >= 15 is 0 Å². The predicted molar refractivity (Wildman–Crippen MR) is 92.7 cm³/mol. The summed E-state index contributed by atoms with van der Waals surface area (Å²) < 4.78 is 31.6. The SMILES string of the molecule is C[C@@H](OC(=O)C1CCN(S(=O)(=O)c2cc(Cl)ccc2Cl)CC1)C(N)=O. The summed E-state index contributed by atoms with van der Waals surface area (Å²) in [7, 11) is -3.81. The van der Waals surface area contributed by atoms with Crippen molar-refractivity contribution in [2.24, 2.45) is 11.7 Å². The third-order valence-electron chi connectivity index (χ3n) is 3.99. The maximum atomic E-state index is 12.7. The fourth-order valence-corrected chi connectivity index (χ4v) is 4.68. The van der Waals surface area contributed by atoms with Crippen LogP contribution in [0.25, 0.3) is 0 Å². The van der Waals surface area contributed by atoms with Gasteiger partial charge in [-0.15, -0.1) is 0 Å². The number of nitrogens with zero attached hydrogens (tertiary/aromatic N) is 1. The minimum atomic E-state index is -3.81. The molecule has 0 unspecified atom stereocenters. The smallest absolute Gasteiger partial charge is 0.309 e. The van der Waals surface area contributed by atoms with Crippen molar-refractivity contribution in [3.8, 4) is 0 Å². The van der Waals surface area contributed by atoms with Crippen LogP contribution in [-0.2, 0) is 24.3 Å². The lowest BCUT2D eigenvalue weighted by Crippen LogP contribution is -2.42. The predicted octanol–water partition coefficient (Wildman–Crippen LogP) is 1.81. The van der Waals surface area contributed by atoms with Crippen LogP contribution in [0.2, 0.25) is 10.0 Å². The van der Waals surface area contributed by atoms with Gasteiger partial charge in [-0.2, -0.15) is 4.31 Å². The summed E-state index contributed by atoms with van der Waals surface area (Å²) in [6.45, 7) is 1.66. The summed E-state index contributed by atoms with van der Waals surface area (Å²) in [5, 5.41) is 0.350. The molecule has 1 aromatic rings. The Hall–Kier alpha value is -1.35. The summed E-state index contributed by atoms with van der Waals surface area (Å²) in [6, 6.07) is 4.23. The molecule has 7 nitrogen and oxygen atoms in total. The van der Waals surface area contributed by atoms with Crippen LogP contribution in [0.15, 0.2) is 23.1 Å². The normalized spacial score (nSPS) is 17.9. The monoisotopic (exact) mass is 408 g/mol. The second kappa shape index (κ2) is 7.90. The summed E-state index contributed by atoms with van der Waals surface area (Å²) in [4.78, 5) is 22.9. The van der Waals surface area contributed by atoms with Crippen molar-refractivity contribution in [2.75, 3.05) is 13.1 Å². The highest BCUT2D eigenvalue weighted by Crippen LogP contribution is 2.30. The van der Waals surface area contributed by atoms with Gasteiger partial charge in [0, 0.05) is 18.1 Å². The number of benzene rings is 1. The highest BCUT2D eigenvalue weighted by Gasteiger charge is 2.34. The quantitative estimate of drug-likeness (QED) is 0.747. The number of carbonyl (C=O) groups is 2. The lowest BCUT2D eigenvalue weighted by atomic mass is 9.98. The van der Waals surface area contributed by atoms with Gasteiger partial charge >= 0.3 is 5.97 Å². The number of hydrogen-bond acceptors (Lipinski definition) is 5. The maximum absolute atomic E-state index is 12.7. The first-order chi connectivity index (χ1) is 11.6. The van der Waals surface area contributed by atoms with Crippen molar-refractivity contribution < 1.29 is 22.7 Å². The number of piperidine rings is 1. The van der Waals surface area contributed by atoms with Crippen LogP contribution in [0.1, 0.15) is 19.8 Å². The molecule has 1 heterocycles. The third kappa shape index (κ3) is 4.63. The molecule has 2 N–H and O–H groups in total. The number of hydrogen-bond donors (Lipinski definition) is 1. The Bertz CT molecular complexity index is 776. The Balaban J connectivity index is 2.05. The number of primary amides is 1. The van der Waals surface area contributed by atoms with Crippen LogP contribution in [0.5, 0.6) is 0 Å². The molecule has 2 rings (SSSR count). The molecule has 25 heavy (non-hydrogen) atoms. The molecule has 0 saturated carbocycles. The van der Waals surface area contributed by atoms with Crippen LogP contribution in [0, 0.1) is 5.92 Å². The molecule has 0 bridgehead atoms. The van der Waals surface area contributed by atoms with E-state index in [1.807, 2.05) is 0 Å². The summed E-state index contributed by atoms with van der Waals surface area (Å²) in [5.74, 6) is -1.77. The van der Waals surface area contributed by atoms with Gasteiger partial charge < -0.3 is 10.5 Å². The van der Waals surface area contributed by atoms with Gasteiger partial charge in [-0.3, -0.25) is 9.59 Å². The Morgan fingerprint density at radius 2 is 1.88 bits per heavy atom. The molecule has 1 aliphatic heterocycles. The lowest BCUT2D eigenvalue weighted by Gasteiger charge is -2.30. The van der Waals surface area contributed by atoms with E-state index in [0.29, 0.717) is 0 Å². The van der Waals surface area contributed by atoms with Crippen LogP contribution in [0.3, 0.4) is 0 Å². The van der Waals surface area contributed by atoms with E-state index in [1.54, 1.807) is 0 Å². The number of esters is 1. The van der Waals surface area contributed by atoms with E-state index < -0.39 is 33.9 Å². The lowest BCUT2D eigenvalue weighted by molar-refractivity contribution is -0.159. The van der Waals surface area contributed by atoms with Gasteiger partial charge in [0.2, 0.25) is 10.0 Å². The van der Waals surface area contributed by atoms with Gasteiger partial charge in [-0.1, -0.05) is 23.2 Å². The van der Waals surface area contributed by atoms with E-state index in [9.17, 15) is 18.0 Å². The standard InChI is InChI=1S/C15H18Cl2N2O5S/c1-9(14(18)20)24-15(21)10-4-6-19(7-5-10)25(22,23)13-8-11(16)2-3-12(13)17/h2-3,8-10H,4-7H2,1H3,(H2,18,20)/t9-/m1/s1. The van der Waals surface area contributed by atoms with Crippen LogP contribution in [0.4, 0.5) is 0 Å². The van der Waals surface area contributed by atoms with Crippen LogP contribution >= 0.6 is 23.2 Å². The van der Waals surface area contributed by atoms with Gasteiger partial charge in [0.15, 0.2) is 6.10 Å². The van der Waals surface area contributed by atoms with Gasteiger partial charge in [0.25, 0.3) is 5.91 Å². The Kier molecular flexibility index (Phi) is 6.31. The van der Waals surface area contributed by atoms with Gasteiger partial charge in [0.05, 0.1) is 10.9 Å². The highest BCUT2D eigenvalue weighted by molar-refractivity contribution is 7.89. The van der Waals surface area contributed by atoms with Gasteiger partial charge in [-0.05, 0) is 38.0 Å². The molecule has 0 aliphatic carbocycles. The molecule has 1 amide bonds. The van der Waals surface area contributed by atoms with Crippen molar-refractivity contribution >= 4 is 45.1 Å². The van der Waals surface area contributed by atoms with Crippen molar-refractivity contribution in [3.63, 3.8) is 0 Å². The van der Waals surface area contributed by atoms with Crippen molar-refractivity contribution in [1.29, 1.82) is 0 Å². The highest BCUT2D eigenvalue weighted by atomic mass is 35.5. The molecule has 0 spiro atoms. The Morgan fingerprint density at radius 3 is 2.44 bits per heavy atom. The van der Waals surface area contributed by atoms with Crippen LogP contribution in [-0.4, -0.2) is 43.8 Å². The minimum Gasteiger partial charge on any atom is -0.452 e. The molecular formula is C15H18Cl2N2O5S. The zero-order valence-electron chi connectivity index (χ0n) is 13.4. The Labute approximate surface area is 156 Å². The van der Waals surface area contributed by atoms with Crippen molar-refractivity contribution in [3.05, 3.63) is 28.2 Å². The van der Waals surface area contributed by atoms with E-state index in [0.717, 1.165) is 0 Å². The van der Waals surface area contributed by atoms with Crippen molar-refractivity contribution in [1.82, 2.24) is 4.31 Å². The number of amides is 1. The average Bonchev–Trinajstić information content (AvgIpc) is 2.56. The number of nitrogens with two attached hydrogens (primary N) is 1. The first kappa shape index (κ1) is 20.0. The second-order valence-corrected chi connectivity index (χ2v) is 8.48. The fraction of sp³-hybridized carbons (Fsp3) is 0.467. The first-order valence-electron chi connectivity index (χ1n) is 7.58. The molecule has 1 saturated heterocycles. The molecule has 1 fully saturated rings. The molecule has 0 aromatic heterocycles. The van der Waals surface area contributed by atoms with E-state index in [4.69, 9.17) is 33.7 Å². The summed E-state index contributed by atoms with van der Waals surface area (Å²) in [5.41, 5.74) is 5.06. The maximum Gasteiger partial charge on any atom is 0.309 e. The number of rotatable bonds is 5. The molecule has 1 atom stereocenters. The molecular weight excluding hydrogens is 391 g/mol. The largest absolute Gasteiger partial charge is 0.452 e. The van der Waals surface area contributed by atoms with Gasteiger partial charge in [0.1, 0.15) is 4.90 Å². The zero-order chi connectivity index (χ0) is 18.8. The first-order valence-corrected chi connectivity index (χ1v) is 9.77. The van der Waals surface area contributed by atoms with E-state index in [-0.39, 0.29) is 40.9 Å². The van der Waals surface area contributed by atoms with Crippen LogP contribution < -0.4 is 5.73 Å². The molecule has 1 aliphatic rings. The van der Waals surface area contributed by atoms with Gasteiger partial charge in [-0.25, -0.2) is 8.42 Å². The zero-order valence-corrected chi connectivity index (χ0v) is 15.8. The molecule has 1 aromatic carbocycles. The topological polar surface area (TPSA) is 107 Å². The third-order valence-corrected chi connectivity index (χ3v) is 6.61. The number of sulfonamides is 1. The Morgan fingerprint density at radius 1 is 1.28 bits per heavy atom. The van der Waals surface area contributed by atoms with E-state index in [1.165, 1.54) is 29.4 Å². The average molecular weight is 409 g/mol. The number of halogens is 2. The second-order valence-electron chi connectivity index (χ2n) is 5.73. The molecule has 0 radical (unpaired) electrons. The molecule has 138 valence electrons.